The number of hydrogen-bond donors (Lipinski definition) is 0. The molecule has 0 bridgehead atoms. The van der Waals surface area contributed by atoms with Crippen LogP contribution in [0, 0.1) is 0 Å². The molecule has 8 aromatic carbocycles. The molecule has 11 rings (SSSR count). The van der Waals surface area contributed by atoms with Crippen molar-refractivity contribution in [3.63, 3.8) is 0 Å². The van der Waals surface area contributed by atoms with Gasteiger partial charge in [-0.3, -0.25) is 0 Å². The zero-order valence-electron chi connectivity index (χ0n) is 27.9. The Bertz CT molecular complexity index is 2740. The van der Waals surface area contributed by atoms with E-state index in [-0.39, 0.29) is 11.3 Å². The Morgan fingerprint density at radius 3 is 1.51 bits per heavy atom. The second kappa shape index (κ2) is 11.0. The molecule has 9 aromatic rings. The van der Waals surface area contributed by atoms with Crippen LogP contribution >= 0.6 is 11.3 Å². The molecule has 0 radical (unpaired) electrons. The van der Waals surface area contributed by atoms with E-state index in [0.717, 1.165) is 0 Å². The lowest BCUT2D eigenvalue weighted by molar-refractivity contribution is 0.790. The molecule has 51 heavy (non-hydrogen) atoms. The summed E-state index contributed by atoms with van der Waals surface area (Å²) in [7, 11) is 0. The number of fused-ring (bicyclic) bond motifs is 13. The fourth-order valence-corrected chi connectivity index (χ4v) is 10.4. The van der Waals surface area contributed by atoms with Crippen molar-refractivity contribution in [3.8, 4) is 33.4 Å². The Morgan fingerprint density at radius 1 is 0.333 bits per heavy atom. The summed E-state index contributed by atoms with van der Waals surface area (Å²) in [6.45, 7) is 0. The molecule has 1 heterocycles. The van der Waals surface area contributed by atoms with Crippen LogP contribution in [0.1, 0.15) is 44.9 Å². The third-order valence-corrected chi connectivity index (χ3v) is 12.6. The molecule has 1 aromatic heterocycles. The fraction of sp³-hybridized carbons (Fsp3) is 0.0400. The van der Waals surface area contributed by atoms with Crippen LogP contribution in [0.25, 0.3) is 53.6 Å². The van der Waals surface area contributed by atoms with Crippen LogP contribution in [-0.2, 0) is 5.41 Å². The van der Waals surface area contributed by atoms with E-state index in [2.05, 4.69) is 188 Å². The SMILES string of the molecule is c1ccc(-c2ccc(C(c3ccc4c(c3)C3(c5ccccc5-c5ccccc53)c3ccccc3-4)c3ccc4sc5ccccc5c4c3)cc2)cc1. The maximum absolute atomic E-state index is 2.56. The van der Waals surface area contributed by atoms with Crippen LogP contribution in [0.5, 0.6) is 0 Å². The van der Waals surface area contributed by atoms with Crippen molar-refractivity contribution in [2.24, 2.45) is 0 Å². The summed E-state index contributed by atoms with van der Waals surface area (Å²) < 4.78 is 2.67. The third-order valence-electron chi connectivity index (χ3n) is 11.4. The molecule has 0 saturated heterocycles. The predicted molar refractivity (Wildman–Crippen MR) is 215 cm³/mol. The molecule has 238 valence electrons. The van der Waals surface area contributed by atoms with Crippen LogP contribution in [0.3, 0.4) is 0 Å². The smallest absolute Gasteiger partial charge is 0.0725 e. The lowest BCUT2D eigenvalue weighted by Crippen LogP contribution is -2.26. The summed E-state index contributed by atoms with van der Waals surface area (Å²) in [4.78, 5) is 0. The third kappa shape index (κ3) is 4.07. The topological polar surface area (TPSA) is 0 Å². The van der Waals surface area contributed by atoms with Gasteiger partial charge in [0.15, 0.2) is 0 Å². The molecule has 2 aliphatic carbocycles. The Hall–Kier alpha value is -6.02. The van der Waals surface area contributed by atoms with E-state index in [0.29, 0.717) is 0 Å². The monoisotopic (exact) mass is 664 g/mol. The second-order valence-electron chi connectivity index (χ2n) is 14.0. The lowest BCUT2D eigenvalue weighted by Gasteiger charge is -2.31. The van der Waals surface area contributed by atoms with Gasteiger partial charge in [0.1, 0.15) is 0 Å². The summed E-state index contributed by atoms with van der Waals surface area (Å²) in [5, 5.41) is 2.67. The molecule has 1 spiro atoms. The predicted octanol–water partition coefficient (Wildman–Crippen LogP) is 13.2. The zero-order chi connectivity index (χ0) is 33.5. The van der Waals surface area contributed by atoms with Gasteiger partial charge < -0.3 is 0 Å². The molecule has 2 aliphatic rings. The number of thiophene rings is 1. The minimum atomic E-state index is -0.371. The van der Waals surface area contributed by atoms with Gasteiger partial charge in [-0.05, 0) is 90.5 Å². The highest BCUT2D eigenvalue weighted by molar-refractivity contribution is 7.25. The van der Waals surface area contributed by atoms with Crippen molar-refractivity contribution >= 4 is 31.5 Å². The van der Waals surface area contributed by atoms with Crippen LogP contribution in [0.2, 0.25) is 0 Å². The van der Waals surface area contributed by atoms with Crippen molar-refractivity contribution in [3.05, 3.63) is 227 Å². The number of benzene rings is 8. The Balaban J connectivity index is 1.17. The van der Waals surface area contributed by atoms with Gasteiger partial charge in [-0.2, -0.15) is 0 Å². The molecule has 0 amide bonds. The van der Waals surface area contributed by atoms with Gasteiger partial charge in [0, 0.05) is 26.1 Å². The minimum absolute atomic E-state index is 0.0517. The van der Waals surface area contributed by atoms with Crippen molar-refractivity contribution in [2.45, 2.75) is 11.3 Å². The van der Waals surface area contributed by atoms with Gasteiger partial charge >= 0.3 is 0 Å². The Morgan fingerprint density at radius 2 is 0.824 bits per heavy atom. The first-order valence-corrected chi connectivity index (χ1v) is 18.6. The van der Waals surface area contributed by atoms with E-state index in [1.807, 2.05) is 11.3 Å². The molecule has 1 atom stereocenters. The van der Waals surface area contributed by atoms with Crippen molar-refractivity contribution in [1.82, 2.24) is 0 Å². The molecular weight excluding hydrogens is 633 g/mol. The number of rotatable bonds is 4. The van der Waals surface area contributed by atoms with Gasteiger partial charge in [0.2, 0.25) is 0 Å². The normalized spacial score (nSPS) is 14.0. The van der Waals surface area contributed by atoms with E-state index >= 15 is 0 Å². The summed E-state index contributed by atoms with van der Waals surface area (Å²) in [5.74, 6) is 0.0517. The quantitative estimate of drug-likeness (QED) is 0.164. The summed E-state index contributed by atoms with van der Waals surface area (Å²) in [6, 6.07) is 70.6. The zero-order valence-corrected chi connectivity index (χ0v) is 28.7. The van der Waals surface area contributed by atoms with Crippen LogP contribution in [-0.4, -0.2) is 0 Å². The first kappa shape index (κ1) is 28.8. The molecule has 1 heteroatoms. The Kier molecular flexibility index (Phi) is 6.20. The average molecular weight is 665 g/mol. The molecule has 1 unspecified atom stereocenters. The van der Waals surface area contributed by atoms with E-state index in [1.165, 1.54) is 92.5 Å². The maximum Gasteiger partial charge on any atom is 0.0725 e. The van der Waals surface area contributed by atoms with Crippen LogP contribution < -0.4 is 0 Å². The molecule has 0 aliphatic heterocycles. The standard InChI is InChI=1S/C50H32S/c1-2-12-32(13-3-1)33-22-24-34(25-23-33)49(35-27-29-48-42(30-35)41-17-7-11-21-47(41)51-48)36-26-28-40-39-16-6-10-20-45(39)50(46(40)31-36)43-18-8-4-14-37(43)38-15-5-9-19-44(38)50/h1-31,49H. The van der Waals surface area contributed by atoms with E-state index in [1.54, 1.807) is 0 Å². The van der Waals surface area contributed by atoms with E-state index in [4.69, 9.17) is 0 Å². The molecule has 0 saturated carbocycles. The van der Waals surface area contributed by atoms with Crippen molar-refractivity contribution < 1.29 is 0 Å². The van der Waals surface area contributed by atoms with Gasteiger partial charge in [0.05, 0.1) is 5.41 Å². The van der Waals surface area contributed by atoms with Gasteiger partial charge in [0.25, 0.3) is 0 Å². The molecule has 0 fully saturated rings. The highest BCUT2D eigenvalue weighted by Crippen LogP contribution is 2.63. The number of hydrogen-bond acceptors (Lipinski definition) is 1. The van der Waals surface area contributed by atoms with Crippen molar-refractivity contribution in [2.75, 3.05) is 0 Å². The molecule has 0 nitrogen and oxygen atoms in total. The van der Waals surface area contributed by atoms with E-state index in [9.17, 15) is 0 Å². The molecular formula is C50H32S. The van der Waals surface area contributed by atoms with Gasteiger partial charge in [-0.15, -0.1) is 11.3 Å². The summed E-state index contributed by atoms with van der Waals surface area (Å²) in [6.07, 6.45) is 0. The first-order chi connectivity index (χ1) is 25.3. The van der Waals surface area contributed by atoms with Crippen LogP contribution in [0.4, 0.5) is 0 Å². The highest BCUT2D eigenvalue weighted by Gasteiger charge is 2.51. The minimum Gasteiger partial charge on any atom is -0.135 e. The Labute approximate surface area is 301 Å². The first-order valence-electron chi connectivity index (χ1n) is 17.8. The fourth-order valence-electron chi connectivity index (χ4n) is 9.29. The van der Waals surface area contributed by atoms with Crippen molar-refractivity contribution in [1.29, 1.82) is 0 Å². The second-order valence-corrected chi connectivity index (χ2v) is 15.1. The average Bonchev–Trinajstić information content (AvgIpc) is 3.82. The molecule has 0 N–H and O–H groups in total. The largest absolute Gasteiger partial charge is 0.135 e. The van der Waals surface area contributed by atoms with E-state index < -0.39 is 0 Å². The van der Waals surface area contributed by atoms with Gasteiger partial charge in [-0.25, -0.2) is 0 Å². The summed E-state index contributed by atoms with van der Waals surface area (Å²) in [5.41, 5.74) is 16.9. The van der Waals surface area contributed by atoms with Gasteiger partial charge in [-0.1, -0.05) is 170 Å². The highest BCUT2D eigenvalue weighted by atomic mass is 32.1. The van der Waals surface area contributed by atoms with Crippen LogP contribution in [0.15, 0.2) is 188 Å². The maximum atomic E-state index is 2.56. The summed E-state index contributed by atoms with van der Waals surface area (Å²) >= 11 is 1.88. The lowest BCUT2D eigenvalue weighted by atomic mass is 9.70.